The van der Waals surface area contributed by atoms with Crippen molar-refractivity contribution in [1.82, 2.24) is 4.98 Å². The Morgan fingerprint density at radius 1 is 1.32 bits per heavy atom. The quantitative estimate of drug-likeness (QED) is 0.641. The second-order valence-electron chi connectivity index (χ2n) is 6.37. The van der Waals surface area contributed by atoms with E-state index in [0.29, 0.717) is 32.0 Å². The number of carboxylic acids is 1. The minimum atomic E-state index is -1.10. The molecule has 2 heterocycles. The van der Waals surface area contributed by atoms with Gasteiger partial charge in [-0.1, -0.05) is 35.3 Å². The van der Waals surface area contributed by atoms with Gasteiger partial charge in [-0.15, -0.1) is 11.3 Å². The van der Waals surface area contributed by atoms with Crippen molar-refractivity contribution in [3.63, 3.8) is 0 Å². The maximum absolute atomic E-state index is 12.9. The van der Waals surface area contributed by atoms with Crippen molar-refractivity contribution >= 4 is 62.3 Å². The first-order chi connectivity index (χ1) is 13.3. The molecule has 2 aromatic carbocycles. The van der Waals surface area contributed by atoms with Crippen LogP contribution in [0.15, 0.2) is 30.3 Å². The third-order valence-corrected chi connectivity index (χ3v) is 6.42. The van der Waals surface area contributed by atoms with E-state index in [2.05, 4.69) is 4.98 Å². The molecule has 28 heavy (non-hydrogen) atoms. The molecule has 4 rings (SSSR count). The van der Waals surface area contributed by atoms with E-state index in [9.17, 15) is 9.59 Å². The number of halogens is 2. The summed E-state index contributed by atoms with van der Waals surface area (Å²) in [6.07, 6.45) is -1.50. The highest BCUT2D eigenvalue weighted by atomic mass is 35.5. The van der Waals surface area contributed by atoms with Crippen molar-refractivity contribution in [2.75, 3.05) is 4.90 Å². The summed E-state index contributed by atoms with van der Waals surface area (Å²) in [6.45, 7) is 2.03. The predicted octanol–water partition coefficient (Wildman–Crippen LogP) is 4.68. The number of ether oxygens (including phenoxy) is 1. The van der Waals surface area contributed by atoms with Crippen LogP contribution in [0.4, 0.5) is 5.69 Å². The largest absolute Gasteiger partial charge is 0.481 e. The van der Waals surface area contributed by atoms with Gasteiger partial charge in [-0.25, -0.2) is 4.98 Å². The zero-order chi connectivity index (χ0) is 20.0. The molecule has 1 atom stereocenters. The number of aryl methyl sites for hydroxylation is 1. The van der Waals surface area contributed by atoms with Crippen molar-refractivity contribution in [1.29, 1.82) is 0 Å². The molecule has 0 bridgehead atoms. The molecule has 1 aromatic heterocycles. The fourth-order valence-electron chi connectivity index (χ4n) is 3.12. The molecule has 0 fully saturated rings. The second kappa shape index (κ2) is 7.24. The highest BCUT2D eigenvalue weighted by Gasteiger charge is 2.37. The number of hydrogen-bond donors (Lipinski definition) is 1. The minimum Gasteiger partial charge on any atom is -0.481 e. The highest BCUT2D eigenvalue weighted by Crippen LogP contribution is 2.40. The summed E-state index contributed by atoms with van der Waals surface area (Å²) in [6, 6.07) is 8.90. The number of carboxylic acid groups (broad SMARTS) is 1. The number of amides is 1. The number of thiazole rings is 1. The number of para-hydroxylation sites is 1. The van der Waals surface area contributed by atoms with Crippen molar-refractivity contribution < 1.29 is 19.4 Å². The van der Waals surface area contributed by atoms with E-state index >= 15 is 0 Å². The Labute approximate surface area is 174 Å². The number of hydrogen-bond acceptors (Lipinski definition) is 5. The van der Waals surface area contributed by atoms with Crippen LogP contribution in [0.2, 0.25) is 10.0 Å². The molecule has 1 N–H and O–H groups in total. The Morgan fingerprint density at radius 2 is 2.11 bits per heavy atom. The number of carbonyl (C=O) groups is 2. The molecule has 3 aromatic rings. The summed E-state index contributed by atoms with van der Waals surface area (Å²) in [4.78, 5) is 30.2. The summed E-state index contributed by atoms with van der Waals surface area (Å²) < 4.78 is 6.47. The average molecular weight is 437 g/mol. The van der Waals surface area contributed by atoms with Gasteiger partial charge in [-0.05, 0) is 30.7 Å². The Balaban J connectivity index is 1.75. The lowest BCUT2D eigenvalue weighted by atomic mass is 10.1. The number of aromatic nitrogens is 1. The van der Waals surface area contributed by atoms with Crippen LogP contribution in [-0.2, 0) is 16.1 Å². The topological polar surface area (TPSA) is 79.7 Å². The number of carbonyl (C=O) groups excluding carboxylic acids is 1. The van der Waals surface area contributed by atoms with Crippen LogP contribution < -0.4 is 9.64 Å². The summed E-state index contributed by atoms with van der Waals surface area (Å²) in [5.41, 5.74) is 2.11. The molecule has 144 valence electrons. The standard InChI is InChI=1S/C19H14Cl2N2O4S/c1-9-3-2-4-12-17(9)27-13(7-15(24)25)19(26)23(12)8-14-22-11-6-5-10(20)16(21)18(11)28-14/h2-6,13H,7-8H2,1H3,(H,24,25). The molecular formula is C19H14Cl2N2O4S. The monoisotopic (exact) mass is 436 g/mol. The number of anilines is 1. The van der Waals surface area contributed by atoms with Crippen molar-refractivity contribution in [2.24, 2.45) is 0 Å². The fraction of sp³-hybridized carbons (Fsp3) is 0.211. The number of nitrogens with zero attached hydrogens (tertiary/aromatic N) is 2. The first kappa shape index (κ1) is 19.0. The van der Waals surface area contributed by atoms with Crippen molar-refractivity contribution in [3.8, 4) is 5.75 Å². The van der Waals surface area contributed by atoms with Crippen molar-refractivity contribution in [3.05, 3.63) is 50.9 Å². The maximum Gasteiger partial charge on any atom is 0.307 e. The highest BCUT2D eigenvalue weighted by molar-refractivity contribution is 7.19. The van der Waals surface area contributed by atoms with Crippen LogP contribution in [-0.4, -0.2) is 28.1 Å². The summed E-state index contributed by atoms with van der Waals surface area (Å²) >= 11 is 13.7. The number of aliphatic carboxylic acids is 1. The van der Waals surface area contributed by atoms with Crippen LogP contribution in [0.3, 0.4) is 0 Å². The van der Waals surface area contributed by atoms with Gasteiger partial charge in [0.15, 0.2) is 6.10 Å². The summed E-state index contributed by atoms with van der Waals surface area (Å²) in [7, 11) is 0. The lowest BCUT2D eigenvalue weighted by Crippen LogP contribution is -2.46. The van der Waals surface area contributed by atoms with Gasteiger partial charge in [-0.3, -0.25) is 14.5 Å². The number of benzene rings is 2. The normalized spacial score (nSPS) is 16.2. The zero-order valence-electron chi connectivity index (χ0n) is 14.6. The summed E-state index contributed by atoms with van der Waals surface area (Å²) in [5, 5.41) is 10.7. The molecule has 0 spiro atoms. The van der Waals surface area contributed by atoms with Gasteiger partial charge < -0.3 is 9.84 Å². The van der Waals surface area contributed by atoms with E-state index in [1.807, 2.05) is 19.1 Å². The SMILES string of the molecule is Cc1cccc2c1OC(CC(=O)O)C(=O)N2Cc1nc2ccc(Cl)c(Cl)c2s1. The van der Waals surface area contributed by atoms with E-state index < -0.39 is 24.4 Å². The summed E-state index contributed by atoms with van der Waals surface area (Å²) in [5.74, 6) is -1.00. The van der Waals surface area contributed by atoms with Crippen LogP contribution >= 0.6 is 34.5 Å². The average Bonchev–Trinajstić information content (AvgIpc) is 3.06. The van der Waals surface area contributed by atoms with Crippen LogP contribution in [0, 0.1) is 6.92 Å². The fourth-order valence-corrected chi connectivity index (χ4v) is 4.60. The molecule has 1 aliphatic rings. The Kier molecular flexibility index (Phi) is 4.91. The van der Waals surface area contributed by atoms with Gasteiger partial charge >= 0.3 is 5.97 Å². The molecule has 1 amide bonds. The van der Waals surface area contributed by atoms with Gasteiger partial charge in [-0.2, -0.15) is 0 Å². The Hall–Kier alpha value is -2.35. The van der Waals surface area contributed by atoms with Crippen LogP contribution in [0.25, 0.3) is 10.2 Å². The molecule has 1 unspecified atom stereocenters. The number of fused-ring (bicyclic) bond motifs is 2. The van der Waals surface area contributed by atoms with Gasteiger partial charge in [0.05, 0.1) is 38.9 Å². The molecule has 0 saturated heterocycles. The van der Waals surface area contributed by atoms with E-state index in [1.165, 1.54) is 16.2 Å². The van der Waals surface area contributed by atoms with Crippen LogP contribution in [0.5, 0.6) is 5.75 Å². The van der Waals surface area contributed by atoms with E-state index in [-0.39, 0.29) is 6.54 Å². The van der Waals surface area contributed by atoms with E-state index in [1.54, 1.807) is 18.2 Å². The molecule has 0 aliphatic carbocycles. The van der Waals surface area contributed by atoms with Crippen molar-refractivity contribution in [2.45, 2.75) is 26.0 Å². The number of rotatable bonds is 4. The maximum atomic E-state index is 12.9. The van der Waals surface area contributed by atoms with Gasteiger partial charge in [0.1, 0.15) is 10.8 Å². The first-order valence-corrected chi connectivity index (χ1v) is 9.95. The second-order valence-corrected chi connectivity index (χ2v) is 8.24. The van der Waals surface area contributed by atoms with E-state index in [0.717, 1.165) is 10.3 Å². The minimum absolute atomic E-state index is 0.183. The lowest BCUT2D eigenvalue weighted by Gasteiger charge is -2.34. The third kappa shape index (κ3) is 3.30. The predicted molar refractivity (Wildman–Crippen MR) is 109 cm³/mol. The van der Waals surface area contributed by atoms with Gasteiger partial charge in [0.25, 0.3) is 5.91 Å². The molecule has 9 heteroatoms. The Bertz CT molecular complexity index is 1110. The smallest absolute Gasteiger partial charge is 0.307 e. The molecule has 0 radical (unpaired) electrons. The zero-order valence-corrected chi connectivity index (χ0v) is 16.9. The third-order valence-electron chi connectivity index (χ3n) is 4.43. The molecule has 1 aliphatic heterocycles. The first-order valence-electron chi connectivity index (χ1n) is 8.38. The molecular weight excluding hydrogens is 423 g/mol. The van der Waals surface area contributed by atoms with Gasteiger partial charge in [0, 0.05) is 0 Å². The molecule has 6 nitrogen and oxygen atoms in total. The molecule has 0 saturated carbocycles. The van der Waals surface area contributed by atoms with E-state index in [4.69, 9.17) is 33.0 Å². The van der Waals surface area contributed by atoms with Gasteiger partial charge in [0.2, 0.25) is 0 Å². The lowest BCUT2D eigenvalue weighted by molar-refractivity contribution is -0.142. The Morgan fingerprint density at radius 3 is 2.86 bits per heavy atom. The van der Waals surface area contributed by atoms with Crippen LogP contribution in [0.1, 0.15) is 17.0 Å².